The lowest BCUT2D eigenvalue weighted by atomic mass is 9.95. The van der Waals surface area contributed by atoms with Crippen LogP contribution < -0.4 is 19.1 Å². The molecule has 0 radical (unpaired) electrons. The summed E-state index contributed by atoms with van der Waals surface area (Å²) in [6.45, 7) is 3.02. The van der Waals surface area contributed by atoms with E-state index in [1.807, 2.05) is 6.92 Å². The number of carbonyl (C=O) groups excluding carboxylic acids is 2. The predicted molar refractivity (Wildman–Crippen MR) is 156 cm³/mol. The molecule has 6 rings (SSSR count). The Labute approximate surface area is 248 Å². The van der Waals surface area contributed by atoms with Crippen LogP contribution in [0.1, 0.15) is 29.7 Å². The largest absolute Gasteiger partial charge is 0.507 e. The van der Waals surface area contributed by atoms with Gasteiger partial charge in [0.15, 0.2) is 15.8 Å². The molecule has 2 aliphatic rings. The predicted octanol–water partition coefficient (Wildman–Crippen LogP) is 5.77. The molecule has 0 bridgehead atoms. The summed E-state index contributed by atoms with van der Waals surface area (Å²) in [5, 5.41) is 20.1. The smallest absolute Gasteiger partial charge is 0.301 e. The zero-order valence-corrected chi connectivity index (χ0v) is 23.9. The molecule has 1 fully saturated rings. The highest BCUT2D eigenvalue weighted by atomic mass is 32.2. The third-order valence-electron chi connectivity index (χ3n) is 6.66. The summed E-state index contributed by atoms with van der Waals surface area (Å²) < 4.78 is 31.5. The van der Waals surface area contributed by atoms with Crippen LogP contribution in [-0.2, 0) is 15.3 Å². The van der Waals surface area contributed by atoms with E-state index in [9.17, 15) is 19.1 Å². The molecule has 3 heterocycles. The number of ether oxygens (including phenoxy) is 3. The summed E-state index contributed by atoms with van der Waals surface area (Å²) in [7, 11) is 0. The topological polar surface area (TPSA) is 111 Å². The van der Waals surface area contributed by atoms with Crippen LogP contribution in [0.15, 0.2) is 76.6 Å². The van der Waals surface area contributed by atoms with Crippen LogP contribution >= 0.6 is 23.1 Å². The van der Waals surface area contributed by atoms with Crippen molar-refractivity contribution in [1.29, 1.82) is 0 Å². The number of aliphatic hydroxyl groups excluding tert-OH is 1. The maximum atomic E-state index is 14.1. The summed E-state index contributed by atoms with van der Waals surface area (Å²) in [5.41, 5.74) is 1.23. The lowest BCUT2D eigenvalue weighted by Gasteiger charge is -2.23. The normalized spacial score (nSPS) is 17.5. The van der Waals surface area contributed by atoms with Crippen LogP contribution in [-0.4, -0.2) is 46.8 Å². The van der Waals surface area contributed by atoms with Crippen molar-refractivity contribution in [3.63, 3.8) is 0 Å². The Hall–Kier alpha value is -4.42. The zero-order chi connectivity index (χ0) is 29.2. The Balaban J connectivity index is 1.41. The third-order valence-corrected chi connectivity index (χ3v) is 8.76. The quantitative estimate of drug-likeness (QED) is 0.0880. The lowest BCUT2D eigenvalue weighted by Crippen LogP contribution is -2.29. The van der Waals surface area contributed by atoms with Gasteiger partial charge in [0.2, 0.25) is 5.13 Å². The second-order valence-electron chi connectivity index (χ2n) is 9.26. The van der Waals surface area contributed by atoms with E-state index in [0.29, 0.717) is 63.9 Å². The minimum atomic E-state index is -1.02. The number of aliphatic hydroxyl groups is 1. The molecular weight excluding hydrogens is 581 g/mol. The van der Waals surface area contributed by atoms with E-state index < -0.39 is 17.7 Å². The molecule has 1 aromatic heterocycles. The second-order valence-corrected chi connectivity index (χ2v) is 11.4. The van der Waals surface area contributed by atoms with Crippen LogP contribution in [0.4, 0.5) is 9.52 Å². The fraction of sp³-hybridized carbons (Fsp3) is 0.200. The minimum Gasteiger partial charge on any atom is -0.507 e. The standard InChI is InChI=1S/C30H24FN3O6S2/c1-2-38-20-8-5-7-17(14-20)25-24(26(35)18-10-11-22-23(15-18)40-13-12-39-22)27(36)28(37)34(25)29-32-33-30(42-29)41-16-19-6-3-4-9-21(19)31/h3-11,14-15,25,35H,2,12-13,16H2,1H3/t25-/m0/s1. The summed E-state index contributed by atoms with van der Waals surface area (Å²) in [5.74, 6) is -0.620. The summed E-state index contributed by atoms with van der Waals surface area (Å²) >= 11 is 2.37. The Morgan fingerprint density at radius 2 is 1.88 bits per heavy atom. The molecule has 4 aromatic rings. The maximum Gasteiger partial charge on any atom is 0.301 e. The molecule has 0 spiro atoms. The molecule has 1 N–H and O–H groups in total. The number of hydrogen-bond acceptors (Lipinski definition) is 10. The number of thioether (sulfide) groups is 1. The number of rotatable bonds is 8. The van der Waals surface area contributed by atoms with Gasteiger partial charge in [-0.05, 0) is 54.4 Å². The van der Waals surface area contributed by atoms with Crippen LogP contribution in [0.2, 0.25) is 0 Å². The third kappa shape index (κ3) is 5.30. The minimum absolute atomic E-state index is 0.110. The highest BCUT2D eigenvalue weighted by Crippen LogP contribution is 2.45. The van der Waals surface area contributed by atoms with Crippen molar-refractivity contribution in [2.75, 3.05) is 24.7 Å². The molecule has 1 saturated heterocycles. The van der Waals surface area contributed by atoms with Gasteiger partial charge in [0.25, 0.3) is 5.78 Å². The molecule has 0 unspecified atom stereocenters. The number of benzene rings is 3. The summed E-state index contributed by atoms with van der Waals surface area (Å²) in [6, 6.07) is 17.2. The van der Waals surface area contributed by atoms with Crippen LogP contribution in [0.5, 0.6) is 17.2 Å². The van der Waals surface area contributed by atoms with Gasteiger partial charge in [-0.2, -0.15) is 0 Å². The van der Waals surface area contributed by atoms with E-state index in [1.54, 1.807) is 60.7 Å². The van der Waals surface area contributed by atoms with E-state index >= 15 is 0 Å². The van der Waals surface area contributed by atoms with Gasteiger partial charge in [-0.15, -0.1) is 10.2 Å². The van der Waals surface area contributed by atoms with Gasteiger partial charge >= 0.3 is 5.91 Å². The Morgan fingerprint density at radius 1 is 1.07 bits per heavy atom. The molecule has 0 saturated carbocycles. The summed E-state index contributed by atoms with van der Waals surface area (Å²) in [6.07, 6.45) is 0. The van der Waals surface area contributed by atoms with Crippen molar-refractivity contribution in [2.45, 2.75) is 23.1 Å². The number of nitrogens with zero attached hydrogens (tertiary/aromatic N) is 3. The average Bonchev–Trinajstić information content (AvgIpc) is 3.58. The molecule has 0 aliphatic carbocycles. The average molecular weight is 606 g/mol. The zero-order valence-electron chi connectivity index (χ0n) is 22.3. The molecule has 214 valence electrons. The summed E-state index contributed by atoms with van der Waals surface area (Å²) in [4.78, 5) is 28.3. The van der Waals surface area contributed by atoms with E-state index in [4.69, 9.17) is 14.2 Å². The molecule has 42 heavy (non-hydrogen) atoms. The Morgan fingerprint density at radius 3 is 2.69 bits per heavy atom. The maximum absolute atomic E-state index is 14.1. The van der Waals surface area contributed by atoms with E-state index in [0.717, 1.165) is 11.3 Å². The SMILES string of the molecule is CCOc1cccc([C@H]2C(=C(O)c3ccc4c(c3)OCCO4)C(=O)C(=O)N2c2nnc(SCc3ccccc3F)s2)c1. The number of Topliss-reactive ketones (excluding diaryl/α,β-unsaturated/α-hetero) is 1. The molecule has 12 heteroatoms. The first kappa shape index (κ1) is 27.7. The molecule has 9 nitrogen and oxygen atoms in total. The van der Waals surface area contributed by atoms with Gasteiger partial charge in [0.05, 0.1) is 18.2 Å². The van der Waals surface area contributed by atoms with Gasteiger partial charge in [-0.1, -0.05) is 53.4 Å². The van der Waals surface area contributed by atoms with E-state index in [-0.39, 0.29) is 22.3 Å². The fourth-order valence-electron chi connectivity index (χ4n) is 4.75. The highest BCUT2D eigenvalue weighted by Gasteiger charge is 2.48. The fourth-order valence-corrected chi connectivity index (χ4v) is 6.60. The number of halogens is 1. The van der Waals surface area contributed by atoms with Crippen molar-refractivity contribution in [3.8, 4) is 17.2 Å². The lowest BCUT2D eigenvalue weighted by molar-refractivity contribution is -0.132. The Kier molecular flexibility index (Phi) is 7.81. The van der Waals surface area contributed by atoms with Crippen molar-refractivity contribution < 1.29 is 33.3 Å². The van der Waals surface area contributed by atoms with Crippen molar-refractivity contribution in [3.05, 3.63) is 94.8 Å². The van der Waals surface area contributed by atoms with E-state index in [1.165, 1.54) is 22.7 Å². The van der Waals surface area contributed by atoms with Crippen molar-refractivity contribution >= 4 is 45.7 Å². The highest BCUT2D eigenvalue weighted by molar-refractivity contribution is 8.00. The van der Waals surface area contributed by atoms with E-state index in [2.05, 4.69) is 10.2 Å². The first-order chi connectivity index (χ1) is 20.4. The first-order valence-electron chi connectivity index (χ1n) is 13.1. The van der Waals surface area contributed by atoms with Gasteiger partial charge in [0, 0.05) is 11.3 Å². The molecule has 3 aromatic carbocycles. The van der Waals surface area contributed by atoms with Crippen LogP contribution in [0.3, 0.4) is 0 Å². The van der Waals surface area contributed by atoms with Crippen molar-refractivity contribution in [1.82, 2.24) is 10.2 Å². The van der Waals surface area contributed by atoms with Crippen LogP contribution in [0, 0.1) is 5.82 Å². The number of hydrogen-bond donors (Lipinski definition) is 1. The van der Waals surface area contributed by atoms with Gasteiger partial charge in [-0.3, -0.25) is 14.5 Å². The number of carbonyl (C=O) groups is 2. The Bertz CT molecular complexity index is 1710. The van der Waals surface area contributed by atoms with Gasteiger partial charge in [0.1, 0.15) is 30.5 Å². The number of amides is 1. The number of fused-ring (bicyclic) bond motifs is 1. The number of aromatic nitrogens is 2. The number of ketones is 1. The first-order valence-corrected chi connectivity index (χ1v) is 14.9. The van der Waals surface area contributed by atoms with Gasteiger partial charge < -0.3 is 19.3 Å². The second kappa shape index (κ2) is 11.8. The van der Waals surface area contributed by atoms with Crippen molar-refractivity contribution in [2.24, 2.45) is 0 Å². The van der Waals surface area contributed by atoms with Gasteiger partial charge in [-0.25, -0.2) is 4.39 Å². The number of anilines is 1. The molecule has 2 aliphatic heterocycles. The molecular formula is C30H24FN3O6S2. The van der Waals surface area contributed by atoms with Crippen LogP contribution in [0.25, 0.3) is 5.76 Å². The molecule has 1 amide bonds. The monoisotopic (exact) mass is 605 g/mol. The molecule has 1 atom stereocenters.